The van der Waals surface area contributed by atoms with Crippen molar-refractivity contribution in [3.63, 3.8) is 0 Å². The van der Waals surface area contributed by atoms with Crippen LogP contribution in [-0.4, -0.2) is 18.7 Å². The Labute approximate surface area is 134 Å². The number of hydrogen-bond acceptors (Lipinski definition) is 4. The number of nitrogens with zero attached hydrogens (tertiary/aromatic N) is 1. The molecular weight excluding hydrogens is 296 g/mol. The van der Waals surface area contributed by atoms with Crippen molar-refractivity contribution in [2.45, 2.75) is 19.9 Å². The maximum Gasteiger partial charge on any atom is 0.261 e. The number of amides is 1. The molecule has 0 saturated carbocycles. The van der Waals surface area contributed by atoms with Crippen LogP contribution in [0.15, 0.2) is 53.0 Å². The SMILES string of the molecule is CC(C)C(NC(=O)CO/N=C/c1ccccc1)c1cccs1. The average Bonchev–Trinajstić information content (AvgIpc) is 3.04. The predicted molar refractivity (Wildman–Crippen MR) is 90.0 cm³/mol. The summed E-state index contributed by atoms with van der Waals surface area (Å²) in [7, 11) is 0. The van der Waals surface area contributed by atoms with Crippen molar-refractivity contribution in [2.24, 2.45) is 11.1 Å². The molecule has 0 spiro atoms. The Morgan fingerprint density at radius 1 is 1.27 bits per heavy atom. The molecule has 0 aliphatic carbocycles. The van der Waals surface area contributed by atoms with Crippen LogP contribution in [0.2, 0.25) is 0 Å². The molecule has 1 aromatic carbocycles. The largest absolute Gasteiger partial charge is 0.386 e. The van der Waals surface area contributed by atoms with E-state index in [1.807, 2.05) is 47.8 Å². The lowest BCUT2D eigenvalue weighted by molar-refractivity contribution is -0.126. The fourth-order valence-corrected chi connectivity index (χ4v) is 2.93. The van der Waals surface area contributed by atoms with Gasteiger partial charge in [0.2, 0.25) is 0 Å². The standard InChI is InChI=1S/C17H20N2O2S/c1-13(2)17(15-9-6-10-22-15)19-16(20)12-21-18-11-14-7-4-3-5-8-14/h3-11,13,17H,12H2,1-2H3,(H,19,20)/b18-11+. The first-order chi connectivity index (χ1) is 10.7. The van der Waals surface area contributed by atoms with E-state index in [-0.39, 0.29) is 18.6 Å². The van der Waals surface area contributed by atoms with Gasteiger partial charge in [0.05, 0.1) is 12.3 Å². The topological polar surface area (TPSA) is 50.7 Å². The van der Waals surface area contributed by atoms with Gasteiger partial charge in [0.15, 0.2) is 6.61 Å². The Bertz CT molecular complexity index is 594. The predicted octanol–water partition coefficient (Wildman–Crippen LogP) is 3.61. The number of benzene rings is 1. The highest BCUT2D eigenvalue weighted by Gasteiger charge is 2.19. The van der Waals surface area contributed by atoms with Crippen LogP contribution in [0, 0.1) is 5.92 Å². The molecule has 1 unspecified atom stereocenters. The Hall–Kier alpha value is -2.14. The zero-order valence-electron chi connectivity index (χ0n) is 12.7. The third kappa shape index (κ3) is 5.00. The van der Waals surface area contributed by atoms with Crippen LogP contribution >= 0.6 is 11.3 Å². The number of rotatable bonds is 7. The molecule has 0 radical (unpaired) electrons. The van der Waals surface area contributed by atoms with E-state index in [1.165, 1.54) is 0 Å². The summed E-state index contributed by atoms with van der Waals surface area (Å²) in [5.41, 5.74) is 0.932. The molecule has 0 bridgehead atoms. The van der Waals surface area contributed by atoms with Gasteiger partial charge in [-0.15, -0.1) is 11.3 Å². The lowest BCUT2D eigenvalue weighted by atomic mass is 10.0. The smallest absolute Gasteiger partial charge is 0.261 e. The normalized spacial score (nSPS) is 12.5. The Morgan fingerprint density at radius 3 is 2.68 bits per heavy atom. The van der Waals surface area contributed by atoms with Crippen molar-refractivity contribution < 1.29 is 9.63 Å². The molecule has 1 amide bonds. The Balaban J connectivity index is 1.81. The highest BCUT2D eigenvalue weighted by molar-refractivity contribution is 7.10. The van der Waals surface area contributed by atoms with E-state index >= 15 is 0 Å². The summed E-state index contributed by atoms with van der Waals surface area (Å²) in [6, 6.07) is 13.6. The van der Waals surface area contributed by atoms with Gasteiger partial charge in [0, 0.05) is 4.88 Å². The third-order valence-corrected chi connectivity index (χ3v) is 4.06. The molecule has 0 aliphatic heterocycles. The number of carbonyl (C=O) groups excluding carboxylic acids is 1. The first-order valence-corrected chi connectivity index (χ1v) is 8.08. The van der Waals surface area contributed by atoms with E-state index in [2.05, 4.69) is 24.3 Å². The molecule has 0 saturated heterocycles. The maximum absolute atomic E-state index is 12.0. The molecule has 1 aromatic heterocycles. The molecule has 4 nitrogen and oxygen atoms in total. The quantitative estimate of drug-likeness (QED) is 0.626. The van der Waals surface area contributed by atoms with E-state index in [0.29, 0.717) is 5.92 Å². The minimum Gasteiger partial charge on any atom is -0.386 e. The minimum absolute atomic E-state index is 0.00852. The first-order valence-electron chi connectivity index (χ1n) is 7.20. The van der Waals surface area contributed by atoms with Gasteiger partial charge in [-0.05, 0) is 22.9 Å². The summed E-state index contributed by atoms with van der Waals surface area (Å²) >= 11 is 1.64. The van der Waals surface area contributed by atoms with Gasteiger partial charge in [-0.25, -0.2) is 0 Å². The van der Waals surface area contributed by atoms with Gasteiger partial charge in [0.1, 0.15) is 0 Å². The second kappa shape index (κ2) is 8.34. The van der Waals surface area contributed by atoms with E-state index in [9.17, 15) is 4.79 Å². The number of nitrogens with one attached hydrogen (secondary N) is 1. The van der Waals surface area contributed by atoms with Crippen LogP contribution in [0.3, 0.4) is 0 Å². The minimum atomic E-state index is -0.169. The number of thiophene rings is 1. The summed E-state index contributed by atoms with van der Waals surface area (Å²) in [6.45, 7) is 4.08. The van der Waals surface area contributed by atoms with Crippen molar-refractivity contribution in [1.29, 1.82) is 0 Å². The maximum atomic E-state index is 12.0. The van der Waals surface area contributed by atoms with E-state index < -0.39 is 0 Å². The second-order valence-corrected chi connectivity index (χ2v) is 6.20. The van der Waals surface area contributed by atoms with Crippen molar-refractivity contribution in [2.75, 3.05) is 6.61 Å². The highest BCUT2D eigenvalue weighted by Crippen LogP contribution is 2.25. The molecule has 116 valence electrons. The monoisotopic (exact) mass is 316 g/mol. The molecule has 22 heavy (non-hydrogen) atoms. The molecule has 1 atom stereocenters. The van der Waals surface area contributed by atoms with Crippen LogP contribution < -0.4 is 5.32 Å². The zero-order chi connectivity index (χ0) is 15.8. The van der Waals surface area contributed by atoms with Gasteiger partial charge < -0.3 is 10.2 Å². The summed E-state index contributed by atoms with van der Waals surface area (Å²) in [5, 5.41) is 8.81. The molecule has 0 fully saturated rings. The zero-order valence-corrected chi connectivity index (χ0v) is 13.5. The summed E-state index contributed by atoms with van der Waals surface area (Å²) < 4.78 is 0. The first kappa shape index (κ1) is 16.2. The highest BCUT2D eigenvalue weighted by atomic mass is 32.1. The number of oxime groups is 1. The molecule has 2 aromatic rings. The van der Waals surface area contributed by atoms with Crippen LogP contribution in [0.4, 0.5) is 0 Å². The van der Waals surface area contributed by atoms with E-state index in [0.717, 1.165) is 10.4 Å². The number of carbonyl (C=O) groups is 1. The Kier molecular flexibility index (Phi) is 6.15. The fourth-order valence-electron chi connectivity index (χ4n) is 1.98. The van der Waals surface area contributed by atoms with Gasteiger partial charge in [-0.3, -0.25) is 4.79 Å². The summed E-state index contributed by atoms with van der Waals surface area (Å²) in [4.78, 5) is 18.2. The van der Waals surface area contributed by atoms with Crippen molar-refractivity contribution >= 4 is 23.5 Å². The summed E-state index contributed by atoms with van der Waals surface area (Å²) in [6.07, 6.45) is 1.59. The lowest BCUT2D eigenvalue weighted by Gasteiger charge is -2.20. The number of hydrogen-bond donors (Lipinski definition) is 1. The Morgan fingerprint density at radius 2 is 2.05 bits per heavy atom. The summed E-state index contributed by atoms with van der Waals surface area (Å²) in [5.74, 6) is 0.146. The van der Waals surface area contributed by atoms with Gasteiger partial charge in [0.25, 0.3) is 5.91 Å². The van der Waals surface area contributed by atoms with Crippen LogP contribution in [0.1, 0.15) is 30.3 Å². The molecule has 2 rings (SSSR count). The van der Waals surface area contributed by atoms with Crippen LogP contribution in [0.25, 0.3) is 0 Å². The molecular formula is C17H20N2O2S. The van der Waals surface area contributed by atoms with Gasteiger partial charge in [-0.1, -0.05) is 55.4 Å². The third-order valence-electron chi connectivity index (χ3n) is 3.10. The molecule has 5 heteroatoms. The van der Waals surface area contributed by atoms with Crippen LogP contribution in [-0.2, 0) is 9.63 Å². The lowest BCUT2D eigenvalue weighted by Crippen LogP contribution is -2.33. The van der Waals surface area contributed by atoms with Crippen molar-refractivity contribution in [3.05, 3.63) is 58.3 Å². The van der Waals surface area contributed by atoms with Crippen molar-refractivity contribution in [3.8, 4) is 0 Å². The fraction of sp³-hybridized carbons (Fsp3) is 0.294. The van der Waals surface area contributed by atoms with E-state index in [4.69, 9.17) is 4.84 Å². The van der Waals surface area contributed by atoms with Gasteiger partial charge in [-0.2, -0.15) is 0 Å². The van der Waals surface area contributed by atoms with Crippen LogP contribution in [0.5, 0.6) is 0 Å². The average molecular weight is 316 g/mol. The second-order valence-electron chi connectivity index (χ2n) is 5.22. The molecule has 1 heterocycles. The molecule has 1 N–H and O–H groups in total. The molecule has 0 aliphatic rings. The van der Waals surface area contributed by atoms with E-state index in [1.54, 1.807) is 17.6 Å². The van der Waals surface area contributed by atoms with Crippen molar-refractivity contribution in [1.82, 2.24) is 5.32 Å². The van der Waals surface area contributed by atoms with Gasteiger partial charge >= 0.3 is 0 Å².